The maximum absolute atomic E-state index is 3.33. The Labute approximate surface area is 219 Å². The molecule has 4 heteroatoms. The summed E-state index contributed by atoms with van der Waals surface area (Å²) >= 11 is 0. The molecule has 0 saturated heterocycles. The number of para-hydroxylation sites is 2. The first kappa shape index (κ1) is 29.6. The SMILES string of the molecule is C.C.Cc1ccccc1-n1ccc[n+]1C.Cc1ccccc1[C-]=[N+](C)c1[c-]cccc1.[Y]. The van der Waals surface area contributed by atoms with Crippen molar-refractivity contribution < 1.29 is 42.0 Å². The predicted octanol–water partition coefficient (Wildman–Crippen LogP) is 5.95. The molecule has 0 fully saturated rings. The van der Waals surface area contributed by atoms with Crippen molar-refractivity contribution >= 4 is 11.9 Å². The maximum Gasteiger partial charge on any atom is 0.195 e. The van der Waals surface area contributed by atoms with Gasteiger partial charge in [0.1, 0.15) is 12.7 Å². The van der Waals surface area contributed by atoms with Crippen LogP contribution in [0, 0.1) is 19.9 Å². The number of nitrogens with zero attached hydrogens (tertiary/aromatic N) is 3. The third kappa shape index (κ3) is 7.96. The summed E-state index contributed by atoms with van der Waals surface area (Å²) in [4.78, 5) is 0. The Balaban J connectivity index is 0.000000558. The average molecular weight is 503 g/mol. The Bertz CT molecular complexity index is 1100. The molecule has 0 atom stereocenters. The summed E-state index contributed by atoms with van der Waals surface area (Å²) in [6.45, 7) is 4.21. The normalized spacial score (nSPS) is 9.94. The van der Waals surface area contributed by atoms with Crippen molar-refractivity contribution in [3.8, 4) is 5.69 Å². The smallest absolute Gasteiger partial charge is 0.195 e. The van der Waals surface area contributed by atoms with Crippen molar-refractivity contribution in [2.75, 3.05) is 7.05 Å². The van der Waals surface area contributed by atoms with Crippen LogP contribution in [0.2, 0.25) is 0 Å². The molecule has 4 rings (SSSR count). The summed E-state index contributed by atoms with van der Waals surface area (Å²) in [6.07, 6.45) is 7.42. The molecule has 0 saturated carbocycles. The number of aromatic nitrogens is 2. The molecule has 1 heterocycles. The van der Waals surface area contributed by atoms with Crippen LogP contribution in [0.3, 0.4) is 0 Å². The van der Waals surface area contributed by atoms with Gasteiger partial charge in [0, 0.05) is 44.5 Å². The zero-order valence-corrected chi connectivity index (χ0v) is 20.9. The molecule has 0 amide bonds. The largest absolute Gasteiger partial charge is 0.299 e. The van der Waals surface area contributed by atoms with Crippen LogP contribution in [0.5, 0.6) is 0 Å². The van der Waals surface area contributed by atoms with Crippen LogP contribution in [-0.2, 0) is 39.8 Å². The molecule has 1 aromatic heterocycles. The molecule has 32 heavy (non-hydrogen) atoms. The Morgan fingerprint density at radius 3 is 2.03 bits per heavy atom. The van der Waals surface area contributed by atoms with Gasteiger partial charge >= 0.3 is 0 Å². The van der Waals surface area contributed by atoms with Gasteiger partial charge in [-0.05, 0) is 18.6 Å². The van der Waals surface area contributed by atoms with Gasteiger partial charge < -0.3 is 0 Å². The number of hydrogen-bond donors (Lipinski definition) is 0. The molecule has 0 spiro atoms. The quantitative estimate of drug-likeness (QED) is 0.187. The van der Waals surface area contributed by atoms with Gasteiger partial charge in [-0.2, -0.15) is 24.3 Å². The molecule has 4 aromatic rings. The second-order valence-electron chi connectivity index (χ2n) is 6.93. The van der Waals surface area contributed by atoms with Crippen molar-refractivity contribution in [3.63, 3.8) is 0 Å². The molecule has 0 unspecified atom stereocenters. The zero-order valence-electron chi connectivity index (χ0n) is 18.1. The number of rotatable bonds is 3. The second kappa shape index (κ2) is 14.7. The van der Waals surface area contributed by atoms with Gasteiger partial charge in [-0.3, -0.25) is 4.58 Å². The third-order valence-corrected chi connectivity index (χ3v) is 4.72. The van der Waals surface area contributed by atoms with Gasteiger partial charge in [-0.1, -0.05) is 51.6 Å². The second-order valence-corrected chi connectivity index (χ2v) is 6.93. The van der Waals surface area contributed by atoms with E-state index < -0.39 is 0 Å². The fourth-order valence-corrected chi connectivity index (χ4v) is 3.02. The minimum Gasteiger partial charge on any atom is -0.299 e. The van der Waals surface area contributed by atoms with E-state index in [9.17, 15) is 0 Å². The minimum atomic E-state index is 0. The number of hydrogen-bond acceptors (Lipinski definition) is 0. The van der Waals surface area contributed by atoms with Crippen LogP contribution < -0.4 is 4.68 Å². The zero-order chi connectivity index (χ0) is 20.6. The van der Waals surface area contributed by atoms with Crippen LogP contribution in [0.25, 0.3) is 5.69 Å². The van der Waals surface area contributed by atoms with Crippen molar-refractivity contribution in [1.82, 2.24) is 4.68 Å². The van der Waals surface area contributed by atoms with Crippen LogP contribution in [0.15, 0.2) is 91.3 Å². The Kier molecular flexibility index (Phi) is 13.6. The fraction of sp³-hybridized carbons (Fsp3) is 0.214. The van der Waals surface area contributed by atoms with Gasteiger partial charge in [0.2, 0.25) is 0 Å². The monoisotopic (exact) mass is 502 g/mol. The molecule has 3 aromatic carbocycles. The van der Waals surface area contributed by atoms with Crippen LogP contribution >= 0.6 is 0 Å². The van der Waals surface area contributed by atoms with E-state index in [-0.39, 0.29) is 47.6 Å². The number of aryl methyl sites for hydroxylation is 3. The summed E-state index contributed by atoms with van der Waals surface area (Å²) in [5.74, 6) is 0. The Morgan fingerprint density at radius 1 is 0.844 bits per heavy atom. The van der Waals surface area contributed by atoms with E-state index in [4.69, 9.17) is 0 Å². The first-order valence-corrected chi connectivity index (χ1v) is 9.68. The van der Waals surface area contributed by atoms with Crippen LogP contribution in [0.1, 0.15) is 31.5 Å². The summed E-state index contributed by atoms with van der Waals surface area (Å²) < 4.78 is 6.14. The van der Waals surface area contributed by atoms with Crippen molar-refractivity contribution in [2.24, 2.45) is 7.05 Å². The molecule has 0 bridgehead atoms. The summed E-state index contributed by atoms with van der Waals surface area (Å²) in [7, 11) is 4.02. The molecule has 0 aliphatic heterocycles. The Hall–Kier alpha value is -2.36. The van der Waals surface area contributed by atoms with Crippen LogP contribution in [-0.4, -0.2) is 22.5 Å². The molecular formula is C28H35N3Y. The fourth-order valence-electron chi connectivity index (χ4n) is 3.02. The van der Waals surface area contributed by atoms with Crippen LogP contribution in [0.4, 0.5) is 5.69 Å². The van der Waals surface area contributed by atoms with Crippen molar-refractivity contribution in [2.45, 2.75) is 28.7 Å². The van der Waals surface area contributed by atoms with Crippen molar-refractivity contribution in [1.29, 1.82) is 0 Å². The van der Waals surface area contributed by atoms with E-state index in [2.05, 4.69) is 78.1 Å². The molecule has 0 aliphatic carbocycles. The third-order valence-electron chi connectivity index (χ3n) is 4.72. The summed E-state index contributed by atoms with van der Waals surface area (Å²) in [5, 5.41) is 0. The standard InChI is InChI=1S/C15H14N.C11H13N2.2CH4.Y/c1-13-8-6-7-9-14(13)12-16(2)15-10-4-3-5-11-15;1-10-6-3-4-7-11(10)13-9-5-8-12(13)2;;;/h3-10H,1-2H3;3-9H,1-2H3;2*1H4;/q-1;+1;;;. The van der Waals surface area contributed by atoms with E-state index >= 15 is 0 Å². The minimum absolute atomic E-state index is 0. The van der Waals surface area contributed by atoms with Gasteiger partial charge in [0.15, 0.2) is 19.5 Å². The molecule has 165 valence electrons. The van der Waals surface area contributed by atoms with E-state index in [0.29, 0.717) is 0 Å². The van der Waals surface area contributed by atoms with Gasteiger partial charge in [0.25, 0.3) is 0 Å². The topological polar surface area (TPSA) is 11.8 Å². The molecule has 3 nitrogen and oxygen atoms in total. The van der Waals surface area contributed by atoms with Gasteiger partial charge in [0.05, 0.1) is 6.20 Å². The average Bonchev–Trinajstić information content (AvgIpc) is 3.17. The summed E-state index contributed by atoms with van der Waals surface area (Å²) in [6, 6.07) is 29.7. The maximum atomic E-state index is 3.33. The van der Waals surface area contributed by atoms with E-state index in [1.54, 1.807) is 0 Å². The number of benzene rings is 3. The first-order chi connectivity index (χ1) is 14.1. The van der Waals surface area contributed by atoms with Crippen molar-refractivity contribution in [3.05, 3.63) is 114 Å². The predicted molar refractivity (Wildman–Crippen MR) is 132 cm³/mol. The van der Waals surface area contributed by atoms with Gasteiger partial charge in [-0.25, -0.2) is 0 Å². The molecule has 1 radical (unpaired) electrons. The molecular weight excluding hydrogens is 467 g/mol. The van der Waals surface area contributed by atoms with E-state index in [1.807, 2.05) is 67.3 Å². The molecule has 0 aliphatic rings. The Morgan fingerprint density at radius 2 is 1.47 bits per heavy atom. The van der Waals surface area contributed by atoms with E-state index in [0.717, 1.165) is 11.3 Å². The summed E-state index contributed by atoms with van der Waals surface area (Å²) in [5.41, 5.74) is 5.88. The molecule has 0 N–H and O–H groups in total. The van der Waals surface area contributed by atoms with Gasteiger partial charge in [-0.15, -0.1) is 39.2 Å². The first-order valence-electron chi connectivity index (χ1n) is 9.68. The van der Waals surface area contributed by atoms with E-state index in [1.165, 1.54) is 16.8 Å².